The number of aromatic nitrogens is 2. The van der Waals surface area contributed by atoms with Gasteiger partial charge in [-0.1, -0.05) is 73.5 Å². The maximum absolute atomic E-state index is 12.3. The third kappa shape index (κ3) is 6.43. The average Bonchev–Trinajstić information content (AvgIpc) is 2.76. The Kier molecular flexibility index (Phi) is 7.82. The van der Waals surface area contributed by atoms with Gasteiger partial charge >= 0.3 is 0 Å². The second-order valence-corrected chi connectivity index (χ2v) is 8.07. The van der Waals surface area contributed by atoms with Crippen LogP contribution in [0, 0.1) is 6.92 Å². The SMILES string of the molecule is CCCCCNC(=O)c1cccc(CSc2ccc(-c3ccc(C)cc3)nn2)c1. The van der Waals surface area contributed by atoms with Crippen molar-refractivity contribution in [1.82, 2.24) is 15.5 Å². The summed E-state index contributed by atoms with van der Waals surface area (Å²) >= 11 is 1.62. The van der Waals surface area contributed by atoms with Gasteiger partial charge in [0.05, 0.1) is 5.69 Å². The van der Waals surface area contributed by atoms with Gasteiger partial charge in [0, 0.05) is 23.4 Å². The third-order valence-electron chi connectivity index (χ3n) is 4.63. The predicted octanol–water partition coefficient (Wildman–Crippen LogP) is 5.66. The lowest BCUT2D eigenvalue weighted by Crippen LogP contribution is -2.24. The van der Waals surface area contributed by atoms with Crippen LogP contribution < -0.4 is 5.32 Å². The number of amides is 1. The first kappa shape index (κ1) is 21.1. The minimum absolute atomic E-state index is 0.00445. The van der Waals surface area contributed by atoms with E-state index in [1.165, 1.54) is 5.56 Å². The predicted molar refractivity (Wildman–Crippen MR) is 120 cm³/mol. The molecule has 0 fully saturated rings. The molecule has 1 heterocycles. The van der Waals surface area contributed by atoms with Gasteiger partial charge in [-0.2, -0.15) is 0 Å². The van der Waals surface area contributed by atoms with E-state index in [2.05, 4.69) is 53.6 Å². The van der Waals surface area contributed by atoms with Crippen LogP contribution in [0.2, 0.25) is 0 Å². The molecule has 1 aromatic heterocycles. The standard InChI is InChI=1S/C24H27N3OS/c1-3-4-5-15-25-24(28)21-8-6-7-19(16-21)17-29-23-14-13-22(26-27-23)20-11-9-18(2)10-12-20/h6-14,16H,3-5,15,17H2,1-2H3,(H,25,28). The summed E-state index contributed by atoms with van der Waals surface area (Å²) in [4.78, 5) is 12.3. The van der Waals surface area contributed by atoms with Gasteiger partial charge < -0.3 is 5.32 Å². The lowest BCUT2D eigenvalue weighted by molar-refractivity contribution is 0.0953. The zero-order valence-corrected chi connectivity index (χ0v) is 17.8. The highest BCUT2D eigenvalue weighted by Gasteiger charge is 2.07. The second-order valence-electron chi connectivity index (χ2n) is 7.07. The number of carbonyl (C=O) groups excluding carboxylic acids is 1. The van der Waals surface area contributed by atoms with Crippen LogP contribution in [0.3, 0.4) is 0 Å². The van der Waals surface area contributed by atoms with Crippen molar-refractivity contribution in [1.29, 1.82) is 0 Å². The number of unbranched alkanes of at least 4 members (excludes halogenated alkanes) is 2. The highest BCUT2D eigenvalue weighted by molar-refractivity contribution is 7.98. The molecule has 0 saturated heterocycles. The van der Waals surface area contributed by atoms with Gasteiger partial charge in [0.2, 0.25) is 0 Å². The molecule has 2 aromatic carbocycles. The fourth-order valence-corrected chi connectivity index (χ4v) is 3.67. The van der Waals surface area contributed by atoms with Gasteiger partial charge in [-0.15, -0.1) is 10.2 Å². The number of aryl methyl sites for hydroxylation is 1. The summed E-state index contributed by atoms with van der Waals surface area (Å²) in [6, 6.07) is 20.1. The van der Waals surface area contributed by atoms with Crippen molar-refractivity contribution in [3.8, 4) is 11.3 Å². The summed E-state index contributed by atoms with van der Waals surface area (Å²) in [5.74, 6) is 0.741. The molecule has 150 valence electrons. The summed E-state index contributed by atoms with van der Waals surface area (Å²) in [5, 5.41) is 12.6. The van der Waals surface area contributed by atoms with Crippen molar-refractivity contribution >= 4 is 17.7 Å². The smallest absolute Gasteiger partial charge is 0.251 e. The van der Waals surface area contributed by atoms with Crippen LogP contribution in [0.4, 0.5) is 0 Å². The molecular weight excluding hydrogens is 378 g/mol. The first-order chi connectivity index (χ1) is 14.2. The average molecular weight is 406 g/mol. The minimum atomic E-state index is -0.00445. The largest absolute Gasteiger partial charge is 0.352 e. The maximum atomic E-state index is 12.3. The molecule has 0 atom stereocenters. The van der Waals surface area contributed by atoms with Gasteiger partial charge in [0.25, 0.3) is 5.91 Å². The quantitative estimate of drug-likeness (QED) is 0.368. The van der Waals surface area contributed by atoms with E-state index in [0.29, 0.717) is 5.56 Å². The van der Waals surface area contributed by atoms with Crippen molar-refractivity contribution in [2.75, 3.05) is 6.54 Å². The number of thioether (sulfide) groups is 1. The molecule has 0 aliphatic carbocycles. The van der Waals surface area contributed by atoms with Crippen LogP contribution in [-0.2, 0) is 5.75 Å². The van der Waals surface area contributed by atoms with Crippen LogP contribution in [0.15, 0.2) is 65.7 Å². The van der Waals surface area contributed by atoms with Gasteiger partial charge in [0.1, 0.15) is 5.03 Å². The molecular formula is C24H27N3OS. The van der Waals surface area contributed by atoms with Crippen LogP contribution in [-0.4, -0.2) is 22.6 Å². The van der Waals surface area contributed by atoms with E-state index in [-0.39, 0.29) is 5.91 Å². The molecule has 1 amide bonds. The lowest BCUT2D eigenvalue weighted by Gasteiger charge is -2.07. The zero-order chi connectivity index (χ0) is 20.5. The van der Waals surface area contributed by atoms with Gasteiger partial charge in [-0.25, -0.2) is 0 Å². The number of hydrogen-bond acceptors (Lipinski definition) is 4. The highest BCUT2D eigenvalue weighted by atomic mass is 32.2. The minimum Gasteiger partial charge on any atom is -0.352 e. The number of benzene rings is 2. The Bertz CT molecular complexity index is 924. The molecule has 3 aromatic rings. The summed E-state index contributed by atoms with van der Waals surface area (Å²) in [5.41, 5.74) is 4.97. The van der Waals surface area contributed by atoms with Crippen molar-refractivity contribution in [2.45, 2.75) is 43.9 Å². The molecule has 0 aliphatic heterocycles. The molecule has 3 rings (SSSR count). The van der Waals surface area contributed by atoms with Crippen LogP contribution in [0.1, 0.15) is 47.7 Å². The molecule has 29 heavy (non-hydrogen) atoms. The van der Waals surface area contributed by atoms with E-state index in [9.17, 15) is 4.79 Å². The molecule has 0 aliphatic rings. The molecule has 0 unspecified atom stereocenters. The molecule has 0 bridgehead atoms. The van der Waals surface area contributed by atoms with E-state index in [0.717, 1.165) is 53.4 Å². The number of hydrogen-bond donors (Lipinski definition) is 1. The van der Waals surface area contributed by atoms with E-state index in [1.807, 2.05) is 36.4 Å². The van der Waals surface area contributed by atoms with E-state index >= 15 is 0 Å². The summed E-state index contributed by atoms with van der Waals surface area (Å²) < 4.78 is 0. The number of carbonyl (C=O) groups is 1. The Morgan fingerprint density at radius 2 is 1.83 bits per heavy atom. The van der Waals surface area contributed by atoms with Gasteiger partial charge in [0.15, 0.2) is 0 Å². The molecule has 1 N–H and O–H groups in total. The van der Waals surface area contributed by atoms with Crippen LogP contribution >= 0.6 is 11.8 Å². The van der Waals surface area contributed by atoms with Gasteiger partial charge in [-0.3, -0.25) is 4.79 Å². The molecule has 0 spiro atoms. The van der Waals surface area contributed by atoms with E-state index in [4.69, 9.17) is 0 Å². The Hall–Kier alpha value is -2.66. The summed E-state index contributed by atoms with van der Waals surface area (Å²) in [7, 11) is 0. The molecule has 5 heteroatoms. The van der Waals surface area contributed by atoms with Crippen LogP contribution in [0.25, 0.3) is 11.3 Å². The highest BCUT2D eigenvalue weighted by Crippen LogP contribution is 2.23. The monoisotopic (exact) mass is 405 g/mol. The fourth-order valence-electron chi connectivity index (χ4n) is 2.91. The van der Waals surface area contributed by atoms with Gasteiger partial charge in [-0.05, 0) is 43.2 Å². The number of nitrogens with zero attached hydrogens (tertiary/aromatic N) is 2. The maximum Gasteiger partial charge on any atom is 0.251 e. The lowest BCUT2D eigenvalue weighted by atomic mass is 10.1. The summed E-state index contributed by atoms with van der Waals surface area (Å²) in [6.07, 6.45) is 3.31. The normalized spacial score (nSPS) is 10.7. The third-order valence-corrected chi connectivity index (χ3v) is 5.62. The second kappa shape index (κ2) is 10.8. The molecule has 0 saturated carbocycles. The first-order valence-corrected chi connectivity index (χ1v) is 11.0. The van der Waals surface area contributed by atoms with Crippen molar-refractivity contribution in [2.24, 2.45) is 0 Å². The first-order valence-electron chi connectivity index (χ1n) is 10.1. The van der Waals surface area contributed by atoms with Crippen molar-refractivity contribution in [3.05, 3.63) is 77.4 Å². The van der Waals surface area contributed by atoms with Crippen molar-refractivity contribution in [3.63, 3.8) is 0 Å². The van der Waals surface area contributed by atoms with E-state index in [1.54, 1.807) is 11.8 Å². The number of rotatable bonds is 9. The Balaban J connectivity index is 1.55. The fraction of sp³-hybridized carbons (Fsp3) is 0.292. The zero-order valence-electron chi connectivity index (χ0n) is 17.0. The van der Waals surface area contributed by atoms with Crippen LogP contribution in [0.5, 0.6) is 0 Å². The van der Waals surface area contributed by atoms with E-state index < -0.39 is 0 Å². The van der Waals surface area contributed by atoms with Crippen molar-refractivity contribution < 1.29 is 4.79 Å². The molecule has 0 radical (unpaired) electrons. The Morgan fingerprint density at radius 1 is 1.00 bits per heavy atom. The Labute approximate surface area is 177 Å². The topological polar surface area (TPSA) is 54.9 Å². The summed E-state index contributed by atoms with van der Waals surface area (Å²) in [6.45, 7) is 4.96. The number of nitrogens with one attached hydrogen (secondary N) is 1. The molecule has 4 nitrogen and oxygen atoms in total. The Morgan fingerprint density at radius 3 is 2.55 bits per heavy atom.